The fourth-order valence-electron chi connectivity index (χ4n) is 2.60. The molecule has 8 heteroatoms. The van der Waals surface area contributed by atoms with E-state index in [2.05, 4.69) is 21.6 Å². The van der Waals surface area contributed by atoms with Crippen LogP contribution in [0.25, 0.3) is 11.4 Å². The van der Waals surface area contributed by atoms with Crippen molar-refractivity contribution in [2.24, 2.45) is 0 Å². The SMILES string of the molecule is CCn1c(SCC(=O)Nc2ccccc2SCC#N)nnc1-c1ccccc1. The Morgan fingerprint density at radius 3 is 2.61 bits per heavy atom. The van der Waals surface area contributed by atoms with Crippen LogP contribution >= 0.6 is 23.5 Å². The predicted molar refractivity (Wildman–Crippen MR) is 113 cm³/mol. The van der Waals surface area contributed by atoms with Gasteiger partial charge in [-0.25, -0.2) is 0 Å². The Labute approximate surface area is 172 Å². The standard InChI is InChI=1S/C20H19N5OS2/c1-2-25-19(15-8-4-3-5-9-15)23-24-20(25)28-14-18(26)22-16-10-6-7-11-17(16)27-13-12-21/h3-11H,2,13-14H2,1H3,(H,22,26). The number of para-hydroxylation sites is 1. The quantitative estimate of drug-likeness (QED) is 0.558. The van der Waals surface area contributed by atoms with E-state index in [0.29, 0.717) is 10.9 Å². The fraction of sp³-hybridized carbons (Fsp3) is 0.200. The fourth-order valence-corrected chi connectivity index (χ4v) is 4.08. The molecular weight excluding hydrogens is 390 g/mol. The molecule has 0 aliphatic carbocycles. The van der Waals surface area contributed by atoms with Crippen LogP contribution in [-0.2, 0) is 11.3 Å². The monoisotopic (exact) mass is 409 g/mol. The maximum absolute atomic E-state index is 12.4. The lowest BCUT2D eigenvalue weighted by molar-refractivity contribution is -0.113. The van der Waals surface area contributed by atoms with Crippen LogP contribution in [0.1, 0.15) is 6.92 Å². The molecule has 28 heavy (non-hydrogen) atoms. The van der Waals surface area contributed by atoms with Gasteiger partial charge in [-0.15, -0.1) is 22.0 Å². The third-order valence-corrected chi connectivity index (χ3v) is 5.76. The topological polar surface area (TPSA) is 83.6 Å². The molecule has 0 fully saturated rings. The van der Waals surface area contributed by atoms with Gasteiger partial charge in [0, 0.05) is 17.0 Å². The number of rotatable bonds is 8. The average Bonchev–Trinajstić information content (AvgIpc) is 3.15. The van der Waals surface area contributed by atoms with Gasteiger partial charge in [0.25, 0.3) is 0 Å². The number of nitrogens with one attached hydrogen (secondary N) is 1. The summed E-state index contributed by atoms with van der Waals surface area (Å²) < 4.78 is 2.00. The highest BCUT2D eigenvalue weighted by Crippen LogP contribution is 2.27. The summed E-state index contributed by atoms with van der Waals surface area (Å²) in [5.41, 5.74) is 1.71. The van der Waals surface area contributed by atoms with E-state index in [1.807, 2.05) is 66.1 Å². The molecule has 0 atom stereocenters. The van der Waals surface area contributed by atoms with Crippen molar-refractivity contribution < 1.29 is 4.79 Å². The third-order valence-electron chi connectivity index (χ3n) is 3.85. The van der Waals surface area contributed by atoms with Gasteiger partial charge in [-0.3, -0.25) is 4.79 Å². The van der Waals surface area contributed by atoms with Crippen LogP contribution in [-0.4, -0.2) is 32.2 Å². The summed E-state index contributed by atoms with van der Waals surface area (Å²) in [7, 11) is 0. The van der Waals surface area contributed by atoms with Crippen LogP contribution < -0.4 is 5.32 Å². The van der Waals surface area contributed by atoms with E-state index in [0.717, 1.165) is 28.5 Å². The Bertz CT molecular complexity index is 982. The number of benzene rings is 2. The number of carbonyl (C=O) groups is 1. The summed E-state index contributed by atoms with van der Waals surface area (Å²) in [6, 6.07) is 19.5. The van der Waals surface area contributed by atoms with Gasteiger partial charge < -0.3 is 9.88 Å². The Morgan fingerprint density at radius 2 is 1.86 bits per heavy atom. The van der Waals surface area contributed by atoms with Crippen molar-refractivity contribution in [3.05, 3.63) is 54.6 Å². The lowest BCUT2D eigenvalue weighted by Gasteiger charge is -2.10. The molecule has 0 saturated heterocycles. The second kappa shape index (κ2) is 9.97. The zero-order valence-electron chi connectivity index (χ0n) is 15.3. The van der Waals surface area contributed by atoms with Crippen molar-refractivity contribution >= 4 is 35.1 Å². The molecule has 142 valence electrons. The Hall–Kier alpha value is -2.76. The van der Waals surface area contributed by atoms with Crippen molar-refractivity contribution in [3.63, 3.8) is 0 Å². The number of aromatic nitrogens is 3. The third kappa shape index (κ3) is 4.94. The molecule has 0 spiro atoms. The van der Waals surface area contributed by atoms with Gasteiger partial charge in [0.05, 0.1) is 23.3 Å². The minimum absolute atomic E-state index is 0.123. The second-order valence-corrected chi connectivity index (χ2v) is 7.66. The molecule has 0 aliphatic heterocycles. The van der Waals surface area contributed by atoms with Crippen LogP contribution in [0.2, 0.25) is 0 Å². The van der Waals surface area contributed by atoms with Crippen LogP contribution in [0.15, 0.2) is 64.6 Å². The molecule has 6 nitrogen and oxygen atoms in total. The summed E-state index contributed by atoms with van der Waals surface area (Å²) in [5, 5.41) is 20.9. The van der Waals surface area contributed by atoms with Gasteiger partial charge in [0.15, 0.2) is 11.0 Å². The van der Waals surface area contributed by atoms with Gasteiger partial charge in [0.2, 0.25) is 5.91 Å². The Morgan fingerprint density at radius 1 is 1.11 bits per heavy atom. The molecule has 1 heterocycles. The van der Waals surface area contributed by atoms with E-state index in [1.165, 1.54) is 23.5 Å². The minimum atomic E-state index is -0.123. The zero-order chi connectivity index (χ0) is 19.8. The molecule has 0 bridgehead atoms. The Kier molecular flexibility index (Phi) is 7.12. The first-order chi connectivity index (χ1) is 13.7. The highest BCUT2D eigenvalue weighted by molar-refractivity contribution is 8.00. The molecule has 1 N–H and O–H groups in total. The maximum atomic E-state index is 12.4. The molecular formula is C20H19N5OS2. The summed E-state index contributed by atoms with van der Waals surface area (Å²) in [6.07, 6.45) is 0. The van der Waals surface area contributed by atoms with Crippen LogP contribution in [0.5, 0.6) is 0 Å². The van der Waals surface area contributed by atoms with E-state index in [-0.39, 0.29) is 11.7 Å². The van der Waals surface area contributed by atoms with E-state index in [4.69, 9.17) is 5.26 Å². The average molecular weight is 410 g/mol. The van der Waals surface area contributed by atoms with E-state index >= 15 is 0 Å². The van der Waals surface area contributed by atoms with Gasteiger partial charge >= 0.3 is 0 Å². The van der Waals surface area contributed by atoms with Crippen molar-refractivity contribution in [2.75, 3.05) is 16.8 Å². The van der Waals surface area contributed by atoms with Gasteiger partial charge in [0.1, 0.15) is 0 Å². The number of thioether (sulfide) groups is 2. The number of nitrogens with zero attached hydrogens (tertiary/aromatic N) is 4. The number of amides is 1. The number of nitriles is 1. The predicted octanol–water partition coefficient (Wildman–Crippen LogP) is 4.31. The first kappa shape index (κ1) is 20.0. The van der Waals surface area contributed by atoms with Gasteiger partial charge in [-0.1, -0.05) is 54.2 Å². The largest absolute Gasteiger partial charge is 0.324 e. The van der Waals surface area contributed by atoms with Crippen molar-refractivity contribution in [2.45, 2.75) is 23.5 Å². The normalized spacial score (nSPS) is 10.4. The van der Waals surface area contributed by atoms with E-state index in [9.17, 15) is 4.79 Å². The first-order valence-electron chi connectivity index (χ1n) is 8.73. The molecule has 1 amide bonds. The maximum Gasteiger partial charge on any atom is 0.234 e. The van der Waals surface area contributed by atoms with E-state index < -0.39 is 0 Å². The molecule has 0 unspecified atom stereocenters. The van der Waals surface area contributed by atoms with Crippen LogP contribution in [0.3, 0.4) is 0 Å². The summed E-state index contributed by atoms with van der Waals surface area (Å²) in [5.74, 6) is 1.24. The smallest absolute Gasteiger partial charge is 0.234 e. The zero-order valence-corrected chi connectivity index (χ0v) is 17.0. The van der Waals surface area contributed by atoms with Crippen LogP contribution in [0.4, 0.5) is 5.69 Å². The summed E-state index contributed by atoms with van der Waals surface area (Å²) in [4.78, 5) is 13.3. The lowest BCUT2D eigenvalue weighted by atomic mass is 10.2. The number of anilines is 1. The molecule has 3 aromatic rings. The van der Waals surface area contributed by atoms with Crippen LogP contribution in [0, 0.1) is 11.3 Å². The molecule has 3 rings (SSSR count). The van der Waals surface area contributed by atoms with E-state index in [1.54, 1.807) is 0 Å². The van der Waals surface area contributed by atoms with Crippen molar-refractivity contribution in [1.29, 1.82) is 5.26 Å². The number of hydrogen-bond acceptors (Lipinski definition) is 6. The number of carbonyl (C=O) groups excluding carboxylic acids is 1. The lowest BCUT2D eigenvalue weighted by Crippen LogP contribution is -2.15. The van der Waals surface area contributed by atoms with Gasteiger partial charge in [-0.05, 0) is 19.1 Å². The molecule has 2 aromatic carbocycles. The van der Waals surface area contributed by atoms with Crippen molar-refractivity contribution in [1.82, 2.24) is 14.8 Å². The summed E-state index contributed by atoms with van der Waals surface area (Å²) in [6.45, 7) is 2.75. The molecule has 1 aromatic heterocycles. The Balaban J connectivity index is 1.66. The highest BCUT2D eigenvalue weighted by atomic mass is 32.2. The minimum Gasteiger partial charge on any atom is -0.324 e. The van der Waals surface area contributed by atoms with Crippen molar-refractivity contribution in [3.8, 4) is 17.5 Å². The molecule has 0 radical (unpaired) electrons. The highest BCUT2D eigenvalue weighted by Gasteiger charge is 2.15. The van der Waals surface area contributed by atoms with Gasteiger partial charge in [-0.2, -0.15) is 5.26 Å². The molecule has 0 aliphatic rings. The summed E-state index contributed by atoms with van der Waals surface area (Å²) >= 11 is 2.76. The number of hydrogen-bond donors (Lipinski definition) is 1. The molecule has 0 saturated carbocycles. The second-order valence-electron chi connectivity index (χ2n) is 5.70. The first-order valence-corrected chi connectivity index (χ1v) is 10.7.